The van der Waals surface area contributed by atoms with Gasteiger partial charge < -0.3 is 5.11 Å². The Kier molecular flexibility index (Phi) is 5.26. The molecule has 3 aromatic rings. The van der Waals surface area contributed by atoms with E-state index in [4.69, 9.17) is 0 Å². The Labute approximate surface area is 147 Å². The van der Waals surface area contributed by atoms with E-state index in [1.807, 2.05) is 50.4 Å². The van der Waals surface area contributed by atoms with Gasteiger partial charge >= 0.3 is 0 Å². The van der Waals surface area contributed by atoms with Crippen molar-refractivity contribution in [3.63, 3.8) is 0 Å². The summed E-state index contributed by atoms with van der Waals surface area (Å²) in [5.41, 5.74) is 3.35. The Morgan fingerprint density at radius 2 is 1.92 bits per heavy atom. The Morgan fingerprint density at radius 3 is 2.64 bits per heavy atom. The number of rotatable bonds is 6. The zero-order valence-electron chi connectivity index (χ0n) is 14.6. The number of pyridine rings is 1. The van der Waals surface area contributed by atoms with E-state index in [1.54, 1.807) is 10.5 Å². The first-order chi connectivity index (χ1) is 12.1. The van der Waals surface area contributed by atoms with E-state index in [0.29, 0.717) is 18.6 Å². The first-order valence-electron chi connectivity index (χ1n) is 8.44. The fourth-order valence-corrected chi connectivity index (χ4v) is 3.25. The molecule has 5 heteroatoms. The highest BCUT2D eigenvalue weighted by molar-refractivity contribution is 5.40. The average molecular weight is 337 g/mol. The average Bonchev–Trinajstić information content (AvgIpc) is 2.60. The van der Waals surface area contributed by atoms with Crippen LogP contribution in [0.15, 0.2) is 59.4 Å². The Bertz CT molecular complexity index is 906. The summed E-state index contributed by atoms with van der Waals surface area (Å²) < 4.78 is 1.62. The number of aryl methyl sites for hydroxylation is 1. The number of hydrogen-bond donors (Lipinski definition) is 1. The van der Waals surface area contributed by atoms with Crippen molar-refractivity contribution >= 4 is 5.65 Å². The van der Waals surface area contributed by atoms with Crippen LogP contribution in [0.1, 0.15) is 29.4 Å². The highest BCUT2D eigenvalue weighted by Gasteiger charge is 2.17. The van der Waals surface area contributed by atoms with Crippen LogP contribution in [0, 0.1) is 6.92 Å². The number of aliphatic hydroxyl groups is 1. The van der Waals surface area contributed by atoms with Crippen LogP contribution in [0.3, 0.4) is 0 Å². The molecule has 25 heavy (non-hydrogen) atoms. The second kappa shape index (κ2) is 7.59. The van der Waals surface area contributed by atoms with Crippen molar-refractivity contribution in [1.82, 2.24) is 14.3 Å². The first kappa shape index (κ1) is 17.3. The minimum atomic E-state index is -0.0649. The molecule has 1 unspecified atom stereocenters. The minimum Gasteiger partial charge on any atom is -0.396 e. The van der Waals surface area contributed by atoms with Crippen LogP contribution in [-0.2, 0) is 6.54 Å². The molecule has 0 amide bonds. The third-order valence-electron chi connectivity index (χ3n) is 4.46. The Morgan fingerprint density at radius 1 is 1.16 bits per heavy atom. The summed E-state index contributed by atoms with van der Waals surface area (Å²) in [5.74, 6) is 0. The maximum absolute atomic E-state index is 12.4. The topological polar surface area (TPSA) is 57.8 Å². The van der Waals surface area contributed by atoms with Crippen LogP contribution in [0.25, 0.3) is 5.65 Å². The van der Waals surface area contributed by atoms with Gasteiger partial charge in [0, 0.05) is 31.0 Å². The maximum Gasteiger partial charge on any atom is 0.258 e. The van der Waals surface area contributed by atoms with Crippen LogP contribution < -0.4 is 5.56 Å². The predicted molar refractivity (Wildman–Crippen MR) is 98.6 cm³/mol. The van der Waals surface area contributed by atoms with E-state index in [-0.39, 0.29) is 18.2 Å². The molecule has 0 aliphatic rings. The molecule has 5 nitrogen and oxygen atoms in total. The van der Waals surface area contributed by atoms with Crippen LogP contribution in [0.5, 0.6) is 0 Å². The summed E-state index contributed by atoms with van der Waals surface area (Å²) in [5, 5.41) is 9.43. The summed E-state index contributed by atoms with van der Waals surface area (Å²) in [6.45, 7) is 2.55. The van der Waals surface area contributed by atoms with Crippen molar-refractivity contribution in [2.75, 3.05) is 13.7 Å². The molecule has 2 aromatic heterocycles. The molecule has 0 saturated heterocycles. The van der Waals surface area contributed by atoms with Gasteiger partial charge in [-0.25, -0.2) is 4.98 Å². The molecule has 1 N–H and O–H groups in total. The van der Waals surface area contributed by atoms with E-state index in [9.17, 15) is 9.90 Å². The monoisotopic (exact) mass is 337 g/mol. The second-order valence-corrected chi connectivity index (χ2v) is 6.30. The molecule has 0 bridgehead atoms. The third-order valence-corrected chi connectivity index (χ3v) is 4.46. The van der Waals surface area contributed by atoms with Crippen molar-refractivity contribution in [3.8, 4) is 0 Å². The lowest BCUT2D eigenvalue weighted by Gasteiger charge is -2.28. The number of hydrogen-bond acceptors (Lipinski definition) is 4. The van der Waals surface area contributed by atoms with Crippen LogP contribution in [0.2, 0.25) is 0 Å². The smallest absolute Gasteiger partial charge is 0.258 e. The molecular weight excluding hydrogens is 314 g/mol. The minimum absolute atomic E-state index is 0.0649. The summed E-state index contributed by atoms with van der Waals surface area (Å²) in [6.07, 6.45) is 0.631. The molecule has 0 saturated carbocycles. The maximum atomic E-state index is 12.4. The van der Waals surface area contributed by atoms with E-state index in [1.165, 1.54) is 0 Å². The van der Waals surface area contributed by atoms with Crippen LogP contribution in [-0.4, -0.2) is 33.0 Å². The normalized spacial score (nSPS) is 12.6. The summed E-state index contributed by atoms with van der Waals surface area (Å²) in [4.78, 5) is 19.2. The zero-order chi connectivity index (χ0) is 17.8. The van der Waals surface area contributed by atoms with Crippen molar-refractivity contribution in [2.24, 2.45) is 0 Å². The first-order valence-corrected chi connectivity index (χ1v) is 8.44. The van der Waals surface area contributed by atoms with Crippen molar-refractivity contribution in [1.29, 1.82) is 0 Å². The predicted octanol–water partition coefficient (Wildman–Crippen LogP) is 2.56. The molecule has 1 aromatic carbocycles. The Hall–Kier alpha value is -2.50. The van der Waals surface area contributed by atoms with Gasteiger partial charge in [0.05, 0.1) is 5.69 Å². The highest BCUT2D eigenvalue weighted by atomic mass is 16.3. The van der Waals surface area contributed by atoms with Gasteiger partial charge in [-0.15, -0.1) is 0 Å². The highest BCUT2D eigenvalue weighted by Crippen LogP contribution is 2.23. The lowest BCUT2D eigenvalue weighted by Crippen LogP contribution is -2.27. The van der Waals surface area contributed by atoms with Gasteiger partial charge in [-0.05, 0) is 38.1 Å². The van der Waals surface area contributed by atoms with Gasteiger partial charge in [-0.3, -0.25) is 14.1 Å². The summed E-state index contributed by atoms with van der Waals surface area (Å²) in [7, 11) is 1.99. The molecule has 0 radical (unpaired) electrons. The molecule has 1 atom stereocenters. The van der Waals surface area contributed by atoms with Gasteiger partial charge in [-0.2, -0.15) is 0 Å². The fourth-order valence-electron chi connectivity index (χ4n) is 3.25. The quantitative estimate of drug-likeness (QED) is 0.751. The van der Waals surface area contributed by atoms with Gasteiger partial charge in [-0.1, -0.05) is 36.4 Å². The number of aliphatic hydroxyl groups excluding tert-OH is 1. The largest absolute Gasteiger partial charge is 0.396 e. The van der Waals surface area contributed by atoms with Crippen molar-refractivity contribution in [3.05, 3.63) is 81.9 Å². The fraction of sp³-hybridized carbons (Fsp3) is 0.300. The zero-order valence-corrected chi connectivity index (χ0v) is 14.6. The number of nitrogens with zero attached hydrogens (tertiary/aromatic N) is 3. The second-order valence-electron chi connectivity index (χ2n) is 6.30. The lowest BCUT2D eigenvalue weighted by molar-refractivity contribution is 0.178. The van der Waals surface area contributed by atoms with Gasteiger partial charge in [0.2, 0.25) is 0 Å². The molecule has 0 fully saturated rings. The molecule has 3 rings (SSSR count). The van der Waals surface area contributed by atoms with Crippen LogP contribution >= 0.6 is 0 Å². The van der Waals surface area contributed by atoms with Gasteiger partial charge in [0.25, 0.3) is 5.56 Å². The SMILES string of the molecule is Cc1cccc2nc(CN(C)C(CCO)c3ccccc3)cc(=O)n12. The van der Waals surface area contributed by atoms with E-state index < -0.39 is 0 Å². The summed E-state index contributed by atoms with van der Waals surface area (Å²) >= 11 is 0. The Balaban J connectivity index is 1.90. The van der Waals surface area contributed by atoms with E-state index >= 15 is 0 Å². The van der Waals surface area contributed by atoms with E-state index in [0.717, 1.165) is 17.0 Å². The number of aromatic nitrogens is 2. The number of fused-ring (bicyclic) bond motifs is 1. The third kappa shape index (κ3) is 3.78. The van der Waals surface area contributed by atoms with Crippen molar-refractivity contribution < 1.29 is 5.11 Å². The van der Waals surface area contributed by atoms with Gasteiger partial charge in [0.1, 0.15) is 5.65 Å². The molecule has 0 aliphatic heterocycles. The van der Waals surface area contributed by atoms with Crippen LogP contribution in [0.4, 0.5) is 0 Å². The van der Waals surface area contributed by atoms with Gasteiger partial charge in [0.15, 0.2) is 0 Å². The molecule has 0 aliphatic carbocycles. The molecular formula is C20H23N3O2. The molecule has 0 spiro atoms. The van der Waals surface area contributed by atoms with E-state index in [2.05, 4.69) is 22.0 Å². The van der Waals surface area contributed by atoms with Crippen molar-refractivity contribution in [2.45, 2.75) is 25.9 Å². The standard InChI is InChI=1S/C20H23N3O2/c1-15-7-6-10-19-21-17(13-20(25)23(15)19)14-22(2)18(11-12-24)16-8-4-3-5-9-16/h3-10,13,18,24H,11-12,14H2,1-2H3. The lowest BCUT2D eigenvalue weighted by atomic mass is 10.0. The summed E-state index contributed by atoms with van der Waals surface area (Å²) in [6, 6.07) is 17.4. The molecule has 2 heterocycles. The molecule has 130 valence electrons. The number of benzene rings is 1.